The van der Waals surface area contributed by atoms with Crippen LogP contribution in [-0.4, -0.2) is 48.7 Å². The molecular formula is C37H55NO5. The number of nitrogens with zero attached hydrogens (tertiary/aromatic N) is 1. The molecule has 2 unspecified atom stereocenters. The van der Waals surface area contributed by atoms with Gasteiger partial charge in [0.2, 0.25) is 0 Å². The summed E-state index contributed by atoms with van der Waals surface area (Å²) >= 11 is 0. The normalized spacial score (nSPS) is 13.6. The van der Waals surface area contributed by atoms with E-state index in [0.717, 1.165) is 55.4 Å². The standard InChI is InChI=1S/C37H55NO5/c1-26(2)22-33(37(5,6)7)36(40)42-21-10-9-13-31(39)25-43-32-19-18-30-23-34(38(27(3)4)35(30)24-32)29-16-14-28(15-17-29)12-11-20-41-8/h14-19,23-24,26-27,31,33,39H,9-13,20-22,25H2,1-8H3. The van der Waals surface area contributed by atoms with E-state index in [1.807, 2.05) is 6.07 Å². The Hall–Kier alpha value is -2.83. The number of fused-ring (bicyclic) bond motifs is 1. The summed E-state index contributed by atoms with van der Waals surface area (Å²) in [6.45, 7) is 16.4. The van der Waals surface area contributed by atoms with E-state index >= 15 is 0 Å². The second-order valence-electron chi connectivity index (χ2n) is 13.7. The first-order valence-electron chi connectivity index (χ1n) is 16.1. The molecular weight excluding hydrogens is 538 g/mol. The number of carbonyl (C=O) groups is 1. The van der Waals surface area contributed by atoms with Crippen molar-refractivity contribution in [2.75, 3.05) is 26.9 Å². The van der Waals surface area contributed by atoms with Crippen LogP contribution in [0.1, 0.15) is 92.2 Å². The first kappa shape index (κ1) is 34.7. The fourth-order valence-electron chi connectivity index (χ4n) is 5.64. The quantitative estimate of drug-likeness (QED) is 0.125. The number of aromatic nitrogens is 1. The smallest absolute Gasteiger partial charge is 0.309 e. The van der Waals surface area contributed by atoms with Crippen molar-refractivity contribution in [2.45, 2.75) is 99.1 Å². The highest BCUT2D eigenvalue weighted by molar-refractivity contribution is 5.88. The largest absolute Gasteiger partial charge is 0.491 e. The van der Waals surface area contributed by atoms with E-state index in [0.29, 0.717) is 18.9 Å². The maximum absolute atomic E-state index is 12.7. The van der Waals surface area contributed by atoms with Gasteiger partial charge in [-0.2, -0.15) is 0 Å². The highest BCUT2D eigenvalue weighted by atomic mass is 16.5. The highest BCUT2D eigenvalue weighted by Crippen LogP contribution is 2.34. The van der Waals surface area contributed by atoms with Crippen LogP contribution in [0.3, 0.4) is 0 Å². The maximum Gasteiger partial charge on any atom is 0.309 e. The topological polar surface area (TPSA) is 69.9 Å². The van der Waals surface area contributed by atoms with Gasteiger partial charge in [-0.15, -0.1) is 0 Å². The van der Waals surface area contributed by atoms with Crippen LogP contribution in [0.4, 0.5) is 0 Å². The van der Waals surface area contributed by atoms with Crippen LogP contribution >= 0.6 is 0 Å². The third-order valence-electron chi connectivity index (χ3n) is 8.05. The van der Waals surface area contributed by atoms with Crippen molar-refractivity contribution in [2.24, 2.45) is 17.3 Å². The number of hydrogen-bond donors (Lipinski definition) is 1. The number of esters is 1. The van der Waals surface area contributed by atoms with Gasteiger partial charge in [0.1, 0.15) is 12.4 Å². The molecule has 3 rings (SSSR count). The van der Waals surface area contributed by atoms with E-state index in [2.05, 4.69) is 95.5 Å². The first-order chi connectivity index (χ1) is 20.4. The summed E-state index contributed by atoms with van der Waals surface area (Å²) in [5.74, 6) is 0.982. The van der Waals surface area contributed by atoms with Crippen LogP contribution in [0.15, 0.2) is 48.5 Å². The lowest BCUT2D eigenvalue weighted by atomic mass is 9.76. The number of rotatable bonds is 17. The van der Waals surface area contributed by atoms with Crippen LogP contribution in [0.2, 0.25) is 0 Å². The number of methoxy groups -OCH3 is 1. The Bertz CT molecular complexity index is 1270. The molecule has 1 heterocycles. The Morgan fingerprint density at radius 1 is 0.930 bits per heavy atom. The summed E-state index contributed by atoms with van der Waals surface area (Å²) in [4.78, 5) is 12.7. The summed E-state index contributed by atoms with van der Waals surface area (Å²) in [6.07, 6.45) is 4.38. The predicted molar refractivity (Wildman–Crippen MR) is 177 cm³/mol. The monoisotopic (exact) mass is 593 g/mol. The minimum absolute atomic E-state index is 0.103. The fourth-order valence-corrected chi connectivity index (χ4v) is 5.64. The average Bonchev–Trinajstić information content (AvgIpc) is 3.33. The molecule has 1 aromatic heterocycles. The third-order valence-corrected chi connectivity index (χ3v) is 8.05. The molecule has 0 amide bonds. The van der Waals surface area contributed by atoms with E-state index in [9.17, 15) is 9.90 Å². The molecule has 43 heavy (non-hydrogen) atoms. The molecule has 0 bridgehead atoms. The minimum Gasteiger partial charge on any atom is -0.491 e. The van der Waals surface area contributed by atoms with Crippen molar-refractivity contribution in [3.05, 3.63) is 54.1 Å². The van der Waals surface area contributed by atoms with Gasteiger partial charge in [0, 0.05) is 36.9 Å². The molecule has 0 spiro atoms. The zero-order chi connectivity index (χ0) is 31.6. The van der Waals surface area contributed by atoms with E-state index in [4.69, 9.17) is 14.2 Å². The lowest BCUT2D eigenvalue weighted by molar-refractivity contribution is -0.153. The third kappa shape index (κ3) is 10.4. The van der Waals surface area contributed by atoms with Gasteiger partial charge in [-0.25, -0.2) is 0 Å². The first-order valence-corrected chi connectivity index (χ1v) is 16.1. The average molecular weight is 594 g/mol. The molecule has 0 saturated carbocycles. The summed E-state index contributed by atoms with van der Waals surface area (Å²) in [7, 11) is 1.74. The fraction of sp³-hybridized carbons (Fsp3) is 0.595. The second-order valence-corrected chi connectivity index (χ2v) is 13.7. The number of ether oxygens (including phenoxy) is 3. The van der Waals surface area contributed by atoms with Crippen molar-refractivity contribution in [1.82, 2.24) is 4.57 Å². The van der Waals surface area contributed by atoms with Crippen molar-refractivity contribution in [1.29, 1.82) is 0 Å². The number of benzene rings is 2. The van der Waals surface area contributed by atoms with Crippen LogP contribution < -0.4 is 4.74 Å². The van der Waals surface area contributed by atoms with E-state index in [1.165, 1.54) is 16.8 Å². The Kier molecular flexibility index (Phi) is 13.1. The van der Waals surface area contributed by atoms with Gasteiger partial charge in [0.05, 0.1) is 24.1 Å². The molecule has 0 fully saturated rings. The van der Waals surface area contributed by atoms with Gasteiger partial charge in [-0.3, -0.25) is 4.79 Å². The summed E-state index contributed by atoms with van der Waals surface area (Å²) in [5.41, 5.74) is 4.70. The number of carbonyl (C=O) groups excluding carboxylic acids is 1. The predicted octanol–water partition coefficient (Wildman–Crippen LogP) is 8.63. The van der Waals surface area contributed by atoms with Crippen molar-refractivity contribution in [3.8, 4) is 17.0 Å². The maximum atomic E-state index is 12.7. The van der Waals surface area contributed by atoms with Crippen molar-refractivity contribution in [3.63, 3.8) is 0 Å². The summed E-state index contributed by atoms with van der Waals surface area (Å²) in [5, 5.41) is 11.7. The Balaban J connectivity index is 1.53. The van der Waals surface area contributed by atoms with Crippen LogP contribution in [-0.2, 0) is 20.7 Å². The van der Waals surface area contributed by atoms with Crippen molar-refractivity contribution >= 4 is 16.9 Å². The molecule has 6 nitrogen and oxygen atoms in total. The van der Waals surface area contributed by atoms with Crippen LogP contribution in [0.25, 0.3) is 22.2 Å². The molecule has 2 aromatic carbocycles. The summed E-state index contributed by atoms with van der Waals surface area (Å²) in [6, 6.07) is 17.5. The molecule has 0 radical (unpaired) electrons. The number of unbranched alkanes of at least 4 members (excludes halogenated alkanes) is 1. The van der Waals surface area contributed by atoms with Crippen molar-refractivity contribution < 1.29 is 24.1 Å². The van der Waals surface area contributed by atoms with Gasteiger partial charge >= 0.3 is 5.97 Å². The van der Waals surface area contributed by atoms with E-state index < -0.39 is 6.10 Å². The Morgan fingerprint density at radius 2 is 1.65 bits per heavy atom. The van der Waals surface area contributed by atoms with Gasteiger partial charge in [-0.05, 0) is 93.0 Å². The molecule has 2 atom stereocenters. The SMILES string of the molecule is COCCCc1ccc(-c2cc3ccc(OCC(O)CCCCOC(=O)C(CC(C)C)C(C)(C)C)cc3n2C(C)C)cc1. The van der Waals surface area contributed by atoms with E-state index in [-0.39, 0.29) is 30.0 Å². The molecule has 6 heteroatoms. The minimum atomic E-state index is -0.579. The zero-order valence-corrected chi connectivity index (χ0v) is 27.8. The number of hydrogen-bond acceptors (Lipinski definition) is 5. The van der Waals surface area contributed by atoms with Crippen LogP contribution in [0.5, 0.6) is 5.75 Å². The number of aliphatic hydroxyl groups is 1. The lowest BCUT2D eigenvalue weighted by Crippen LogP contribution is -2.31. The molecule has 0 aliphatic carbocycles. The molecule has 0 aliphatic heterocycles. The molecule has 1 N–H and O–H groups in total. The Morgan fingerprint density at radius 3 is 2.28 bits per heavy atom. The zero-order valence-electron chi connectivity index (χ0n) is 27.8. The number of aliphatic hydroxyl groups excluding tert-OH is 1. The summed E-state index contributed by atoms with van der Waals surface area (Å²) < 4.78 is 19.2. The van der Waals surface area contributed by atoms with Gasteiger partial charge in [0.15, 0.2) is 0 Å². The molecule has 0 aliphatic rings. The Labute approximate surface area is 259 Å². The number of aryl methyl sites for hydroxylation is 1. The lowest BCUT2D eigenvalue weighted by Gasteiger charge is -2.30. The van der Waals surface area contributed by atoms with Gasteiger partial charge in [-0.1, -0.05) is 58.9 Å². The van der Waals surface area contributed by atoms with E-state index in [1.54, 1.807) is 7.11 Å². The molecule has 238 valence electrons. The second kappa shape index (κ2) is 16.3. The van der Waals surface area contributed by atoms with Gasteiger partial charge < -0.3 is 23.9 Å². The highest BCUT2D eigenvalue weighted by Gasteiger charge is 2.33. The molecule has 0 saturated heterocycles. The molecule has 3 aromatic rings. The van der Waals surface area contributed by atoms with Crippen LogP contribution in [0, 0.1) is 17.3 Å². The van der Waals surface area contributed by atoms with Gasteiger partial charge in [0.25, 0.3) is 0 Å².